The molecule has 2 aromatic carbocycles. The number of nitrogens with one attached hydrogen (secondary N) is 1. The van der Waals surface area contributed by atoms with Gasteiger partial charge < -0.3 is 9.47 Å². The van der Waals surface area contributed by atoms with Crippen molar-refractivity contribution in [3.05, 3.63) is 59.1 Å². The molecule has 2 aromatic rings. The number of hydrogen-bond acceptors (Lipinski definition) is 5. The highest BCUT2D eigenvalue weighted by Gasteiger charge is 2.07. The zero-order valence-corrected chi connectivity index (χ0v) is 14.3. The molecule has 126 valence electrons. The van der Waals surface area contributed by atoms with Crippen molar-refractivity contribution in [2.45, 2.75) is 20.5 Å². The maximum atomic E-state index is 11.5. The van der Waals surface area contributed by atoms with Crippen molar-refractivity contribution < 1.29 is 14.3 Å². The average molecular weight is 347 g/mol. The zero-order chi connectivity index (χ0) is 17.4. The topological polar surface area (TPSA) is 59.9 Å². The molecule has 6 heteroatoms. The first-order chi connectivity index (χ1) is 11.6. The van der Waals surface area contributed by atoms with Crippen LogP contribution in [0, 0.1) is 0 Å². The lowest BCUT2D eigenvalue weighted by Crippen LogP contribution is -2.15. The number of rotatable bonds is 7. The molecule has 0 heterocycles. The van der Waals surface area contributed by atoms with Crippen LogP contribution in [0.2, 0.25) is 5.02 Å². The quantitative estimate of drug-likeness (QED) is 0.462. The maximum absolute atomic E-state index is 11.5. The molecule has 0 fully saturated rings. The van der Waals surface area contributed by atoms with Gasteiger partial charge in [0, 0.05) is 6.07 Å². The summed E-state index contributed by atoms with van der Waals surface area (Å²) in [5.41, 5.74) is 4.62. The number of nitrogens with zero attached hydrogens (tertiary/aromatic N) is 1. The van der Waals surface area contributed by atoms with Gasteiger partial charge in [0.05, 0.1) is 17.3 Å². The first kappa shape index (κ1) is 17.8. The van der Waals surface area contributed by atoms with Crippen LogP contribution in [0.1, 0.15) is 19.4 Å². The molecule has 0 atom stereocenters. The largest absolute Gasteiger partial charge is 0.489 e. The van der Waals surface area contributed by atoms with Crippen molar-refractivity contribution in [2.24, 2.45) is 5.10 Å². The molecule has 0 saturated carbocycles. The molecular weight excluding hydrogens is 328 g/mol. The van der Waals surface area contributed by atoms with Gasteiger partial charge in [-0.05, 0) is 31.5 Å². The number of carbonyl (C=O) groups excluding carboxylic acids is 1. The predicted molar refractivity (Wildman–Crippen MR) is 95.6 cm³/mol. The first-order valence-corrected chi connectivity index (χ1v) is 7.91. The van der Waals surface area contributed by atoms with Crippen LogP contribution in [0.3, 0.4) is 0 Å². The SMILES string of the molecule is CCOC(=O)/C(C)=N\Nc1ccc(OCc2ccccc2)cc1Cl. The van der Waals surface area contributed by atoms with Gasteiger partial charge in [-0.25, -0.2) is 4.79 Å². The van der Waals surface area contributed by atoms with Crippen LogP contribution < -0.4 is 10.2 Å². The number of ether oxygens (including phenoxy) is 2. The van der Waals surface area contributed by atoms with Crippen molar-refractivity contribution in [1.82, 2.24) is 0 Å². The van der Waals surface area contributed by atoms with Crippen LogP contribution in [0.15, 0.2) is 53.6 Å². The van der Waals surface area contributed by atoms with Gasteiger partial charge in [-0.3, -0.25) is 5.43 Å². The maximum Gasteiger partial charge on any atom is 0.354 e. The molecule has 1 N–H and O–H groups in total. The summed E-state index contributed by atoms with van der Waals surface area (Å²) in [5, 5.41) is 4.41. The van der Waals surface area contributed by atoms with Gasteiger partial charge in [0.15, 0.2) is 0 Å². The number of esters is 1. The summed E-state index contributed by atoms with van der Waals surface area (Å²) in [4.78, 5) is 11.5. The predicted octanol–water partition coefficient (Wildman–Crippen LogP) is 4.27. The Labute approximate surface area is 146 Å². The van der Waals surface area contributed by atoms with E-state index in [-0.39, 0.29) is 5.71 Å². The van der Waals surface area contributed by atoms with Crippen LogP contribution in [0.25, 0.3) is 0 Å². The molecule has 2 rings (SSSR count). The summed E-state index contributed by atoms with van der Waals surface area (Å²) < 4.78 is 10.6. The van der Waals surface area contributed by atoms with Crippen LogP contribution in [0.4, 0.5) is 5.69 Å². The van der Waals surface area contributed by atoms with E-state index >= 15 is 0 Å². The fourth-order valence-corrected chi connectivity index (χ4v) is 2.06. The number of carbonyl (C=O) groups is 1. The summed E-state index contributed by atoms with van der Waals surface area (Å²) in [6.07, 6.45) is 0. The minimum absolute atomic E-state index is 0.220. The van der Waals surface area contributed by atoms with E-state index < -0.39 is 5.97 Å². The lowest BCUT2D eigenvalue weighted by atomic mass is 10.2. The second-order valence-corrected chi connectivity index (χ2v) is 5.35. The van der Waals surface area contributed by atoms with Crippen LogP contribution in [-0.2, 0) is 16.1 Å². The fourth-order valence-electron chi connectivity index (χ4n) is 1.84. The molecule has 0 unspecified atom stereocenters. The monoisotopic (exact) mass is 346 g/mol. The van der Waals surface area contributed by atoms with Gasteiger partial charge in [-0.1, -0.05) is 41.9 Å². The third kappa shape index (κ3) is 5.28. The number of halogens is 1. The molecule has 0 amide bonds. The number of benzene rings is 2. The van der Waals surface area contributed by atoms with Crippen molar-refractivity contribution in [3.63, 3.8) is 0 Å². The van der Waals surface area contributed by atoms with E-state index in [1.54, 1.807) is 32.0 Å². The fraction of sp³-hybridized carbons (Fsp3) is 0.222. The smallest absolute Gasteiger partial charge is 0.354 e. The molecule has 0 saturated heterocycles. The standard InChI is InChI=1S/C18H19ClN2O3/c1-3-23-18(22)13(2)20-21-17-10-9-15(11-16(17)19)24-12-14-7-5-4-6-8-14/h4-11,21H,3,12H2,1-2H3/b20-13-. The molecule has 0 aliphatic heterocycles. The van der Waals surface area contributed by atoms with E-state index in [9.17, 15) is 4.79 Å². The van der Waals surface area contributed by atoms with E-state index in [0.717, 1.165) is 5.56 Å². The van der Waals surface area contributed by atoms with Crippen LogP contribution in [0.5, 0.6) is 5.75 Å². The second-order valence-electron chi connectivity index (χ2n) is 4.95. The normalized spacial score (nSPS) is 11.0. The molecule has 24 heavy (non-hydrogen) atoms. The van der Waals surface area contributed by atoms with Crippen molar-refractivity contribution in [1.29, 1.82) is 0 Å². The van der Waals surface area contributed by atoms with E-state index in [0.29, 0.717) is 29.7 Å². The Bertz CT molecular complexity index is 717. The lowest BCUT2D eigenvalue weighted by Gasteiger charge is -2.09. The Morgan fingerprint density at radius 2 is 1.96 bits per heavy atom. The molecule has 0 radical (unpaired) electrons. The summed E-state index contributed by atoms with van der Waals surface area (Å²) >= 11 is 6.21. The van der Waals surface area contributed by atoms with Crippen molar-refractivity contribution in [2.75, 3.05) is 12.0 Å². The zero-order valence-electron chi connectivity index (χ0n) is 13.6. The Hall–Kier alpha value is -2.53. The van der Waals surface area contributed by atoms with Crippen molar-refractivity contribution >= 4 is 29.0 Å². The minimum Gasteiger partial charge on any atom is -0.489 e. The minimum atomic E-state index is -0.469. The average Bonchev–Trinajstić information content (AvgIpc) is 2.60. The van der Waals surface area contributed by atoms with Crippen LogP contribution in [-0.4, -0.2) is 18.3 Å². The molecule has 0 spiro atoms. The summed E-state index contributed by atoms with van der Waals surface area (Å²) in [7, 11) is 0. The van der Waals surface area contributed by atoms with Gasteiger partial charge in [0.2, 0.25) is 0 Å². The molecule has 0 bridgehead atoms. The highest BCUT2D eigenvalue weighted by Crippen LogP contribution is 2.27. The van der Waals surface area contributed by atoms with E-state index in [1.165, 1.54) is 0 Å². The Balaban J connectivity index is 1.96. The summed E-state index contributed by atoms with van der Waals surface area (Å²) in [6.45, 7) is 4.07. The van der Waals surface area contributed by atoms with Gasteiger partial charge >= 0.3 is 5.97 Å². The summed E-state index contributed by atoms with van der Waals surface area (Å²) in [5.74, 6) is 0.185. The van der Waals surface area contributed by atoms with Gasteiger partial charge in [0.25, 0.3) is 0 Å². The summed E-state index contributed by atoms with van der Waals surface area (Å²) in [6, 6.07) is 15.1. The first-order valence-electron chi connectivity index (χ1n) is 7.54. The van der Waals surface area contributed by atoms with E-state index in [2.05, 4.69) is 10.5 Å². The van der Waals surface area contributed by atoms with Gasteiger partial charge in [0.1, 0.15) is 18.1 Å². The third-order valence-corrected chi connectivity index (χ3v) is 3.42. The second kappa shape index (κ2) is 8.93. The number of anilines is 1. The lowest BCUT2D eigenvalue weighted by molar-refractivity contribution is -0.135. The molecule has 0 aliphatic carbocycles. The van der Waals surface area contributed by atoms with E-state index in [1.807, 2.05) is 30.3 Å². The number of hydrazone groups is 1. The van der Waals surface area contributed by atoms with Gasteiger partial charge in [-0.15, -0.1) is 0 Å². The van der Waals surface area contributed by atoms with Crippen molar-refractivity contribution in [3.8, 4) is 5.75 Å². The molecule has 0 aliphatic rings. The van der Waals surface area contributed by atoms with Crippen LogP contribution >= 0.6 is 11.6 Å². The van der Waals surface area contributed by atoms with E-state index in [4.69, 9.17) is 21.1 Å². The Morgan fingerprint density at radius 1 is 1.21 bits per heavy atom. The highest BCUT2D eigenvalue weighted by atomic mass is 35.5. The molecular formula is C18H19ClN2O3. The molecule has 5 nitrogen and oxygen atoms in total. The highest BCUT2D eigenvalue weighted by molar-refractivity contribution is 6.36. The molecule has 0 aromatic heterocycles. The van der Waals surface area contributed by atoms with Gasteiger partial charge in [-0.2, -0.15) is 5.10 Å². The number of hydrogen-bond donors (Lipinski definition) is 1. The Kier molecular flexibility index (Phi) is 6.63. The Morgan fingerprint density at radius 3 is 2.62 bits per heavy atom. The third-order valence-electron chi connectivity index (χ3n) is 3.10.